The summed E-state index contributed by atoms with van der Waals surface area (Å²) in [5.41, 5.74) is 3.16. The van der Waals surface area contributed by atoms with E-state index in [1.807, 2.05) is 0 Å². The quantitative estimate of drug-likeness (QED) is 0.119. The molecule has 0 saturated carbocycles. The van der Waals surface area contributed by atoms with Crippen molar-refractivity contribution in [1.29, 1.82) is 0 Å². The number of aryl methyl sites for hydroxylation is 1. The minimum atomic E-state index is -2.33. The van der Waals surface area contributed by atoms with Gasteiger partial charge < -0.3 is 0 Å². The van der Waals surface area contributed by atoms with Crippen LogP contribution in [0.2, 0.25) is 17.7 Å². The van der Waals surface area contributed by atoms with Gasteiger partial charge in [-0.1, -0.05) is 0 Å². The molecule has 0 bridgehead atoms. The van der Waals surface area contributed by atoms with E-state index in [1.54, 1.807) is 18.9 Å². The van der Waals surface area contributed by atoms with Crippen molar-refractivity contribution in [2.24, 2.45) is 0 Å². The van der Waals surface area contributed by atoms with E-state index in [0.717, 1.165) is 0 Å². The van der Waals surface area contributed by atoms with Gasteiger partial charge in [0.25, 0.3) is 0 Å². The molecule has 0 saturated heterocycles. The van der Waals surface area contributed by atoms with Crippen LogP contribution >= 0.6 is 0 Å². The number of benzene rings is 4. The van der Waals surface area contributed by atoms with Gasteiger partial charge in [0.2, 0.25) is 0 Å². The van der Waals surface area contributed by atoms with E-state index in [9.17, 15) is 0 Å². The standard InChI is InChI=1S/C24H21.3C4H9.Sn/c1-18(22-15-7-12-20-9-3-5-14-24(20)22)16-17-21-11-6-10-19-8-2-4-13-23(19)21;3*1-3-4-2;/h2-15,18H,1,16-17H2;3*1,3-4H2,2H3;/t18-;;;;/m0..../s1. The van der Waals surface area contributed by atoms with E-state index in [-0.39, 0.29) is 0 Å². The maximum atomic E-state index is 2.48. The van der Waals surface area contributed by atoms with E-state index in [2.05, 4.69) is 106 Å². The van der Waals surface area contributed by atoms with Gasteiger partial charge in [0, 0.05) is 0 Å². The summed E-state index contributed by atoms with van der Waals surface area (Å²) < 4.78 is 6.33. The van der Waals surface area contributed by atoms with Crippen molar-refractivity contribution in [3.8, 4) is 0 Å². The molecule has 0 fully saturated rings. The van der Waals surface area contributed by atoms with Crippen LogP contribution in [-0.4, -0.2) is 18.4 Å². The predicted octanol–water partition coefficient (Wildman–Crippen LogP) is 11.6. The van der Waals surface area contributed by atoms with Crippen LogP contribution in [0.25, 0.3) is 21.5 Å². The molecule has 4 aromatic rings. The van der Waals surface area contributed by atoms with Gasteiger partial charge >= 0.3 is 232 Å². The van der Waals surface area contributed by atoms with Gasteiger partial charge in [-0.25, -0.2) is 0 Å². The molecule has 0 aliphatic heterocycles. The zero-order chi connectivity index (χ0) is 25.9. The minimum absolute atomic E-state index is 0.673. The molecule has 196 valence electrons. The van der Waals surface area contributed by atoms with Crippen molar-refractivity contribution in [2.75, 3.05) is 0 Å². The van der Waals surface area contributed by atoms with Gasteiger partial charge in [0.15, 0.2) is 0 Å². The number of fused-ring (bicyclic) bond motifs is 2. The monoisotopic (exact) mass is 600 g/mol. The van der Waals surface area contributed by atoms with E-state index in [4.69, 9.17) is 0 Å². The van der Waals surface area contributed by atoms with Crippen molar-refractivity contribution >= 4 is 39.9 Å². The second-order valence-electron chi connectivity index (χ2n) is 11.5. The van der Waals surface area contributed by atoms with Crippen LogP contribution in [0.5, 0.6) is 0 Å². The SMILES string of the molecule is CCC[CH2][Sn]([CH2]CCC)([CH2]CCC)[CH2][C@@H](CCc1cccc2ccccc12)c1cccc2ccccc12. The first-order chi connectivity index (χ1) is 18.2. The summed E-state index contributed by atoms with van der Waals surface area (Å²) >= 11 is -2.33. The van der Waals surface area contributed by atoms with Gasteiger partial charge in [-0.15, -0.1) is 0 Å². The fourth-order valence-electron chi connectivity index (χ4n) is 6.67. The van der Waals surface area contributed by atoms with Crippen LogP contribution in [0.4, 0.5) is 0 Å². The Kier molecular flexibility index (Phi) is 11.0. The Morgan fingerprint density at radius 3 is 1.70 bits per heavy atom. The second kappa shape index (κ2) is 14.4. The fraction of sp³-hybridized carbons (Fsp3) is 0.444. The molecule has 0 aliphatic carbocycles. The fourth-order valence-corrected chi connectivity index (χ4v) is 24.2. The van der Waals surface area contributed by atoms with Crippen LogP contribution < -0.4 is 0 Å². The normalized spacial score (nSPS) is 12.8. The first kappa shape index (κ1) is 28.2. The molecule has 37 heavy (non-hydrogen) atoms. The van der Waals surface area contributed by atoms with Crippen molar-refractivity contribution < 1.29 is 0 Å². The third kappa shape index (κ3) is 7.40. The Morgan fingerprint density at radius 2 is 1.08 bits per heavy atom. The summed E-state index contributed by atoms with van der Waals surface area (Å²) in [7, 11) is 0. The van der Waals surface area contributed by atoms with Gasteiger partial charge in [-0.3, -0.25) is 0 Å². The molecule has 0 unspecified atom stereocenters. The van der Waals surface area contributed by atoms with Gasteiger partial charge in [0.05, 0.1) is 0 Å². The van der Waals surface area contributed by atoms with Crippen LogP contribution in [0.3, 0.4) is 0 Å². The van der Waals surface area contributed by atoms with Crippen molar-refractivity contribution in [1.82, 2.24) is 0 Å². The summed E-state index contributed by atoms with van der Waals surface area (Å²) in [5, 5.41) is 5.73. The molecule has 0 amide bonds. The van der Waals surface area contributed by atoms with E-state index < -0.39 is 18.4 Å². The van der Waals surface area contributed by atoms with E-state index in [1.165, 1.54) is 82.9 Å². The molecular weight excluding hydrogens is 551 g/mol. The third-order valence-corrected chi connectivity index (χ3v) is 24.8. The molecule has 0 aliphatic rings. The van der Waals surface area contributed by atoms with Crippen LogP contribution in [0, 0.1) is 0 Å². The van der Waals surface area contributed by atoms with Crippen molar-refractivity contribution in [2.45, 2.75) is 95.8 Å². The molecule has 0 spiro atoms. The molecule has 1 atom stereocenters. The Balaban J connectivity index is 1.72. The van der Waals surface area contributed by atoms with E-state index >= 15 is 0 Å². The molecule has 0 heterocycles. The summed E-state index contributed by atoms with van der Waals surface area (Å²) in [6, 6.07) is 32.1. The van der Waals surface area contributed by atoms with Crippen LogP contribution in [0.1, 0.15) is 82.8 Å². The van der Waals surface area contributed by atoms with Crippen LogP contribution in [-0.2, 0) is 6.42 Å². The molecule has 0 nitrogen and oxygen atoms in total. The molecule has 4 rings (SSSR count). The summed E-state index contributed by atoms with van der Waals surface area (Å²) in [6.07, 6.45) is 10.9. The number of rotatable bonds is 15. The number of unbranched alkanes of at least 4 members (excludes halogenated alkanes) is 3. The molecule has 0 aromatic heterocycles. The van der Waals surface area contributed by atoms with Gasteiger partial charge in [-0.2, -0.15) is 0 Å². The van der Waals surface area contributed by atoms with Gasteiger partial charge in [-0.05, 0) is 0 Å². The Labute approximate surface area is 230 Å². The number of hydrogen-bond acceptors (Lipinski definition) is 0. The Bertz CT molecular complexity index is 1210. The third-order valence-electron chi connectivity index (χ3n) is 8.77. The molecule has 0 radical (unpaired) electrons. The second-order valence-corrected chi connectivity index (χ2v) is 25.5. The zero-order valence-electron chi connectivity index (χ0n) is 23.6. The topological polar surface area (TPSA) is 0 Å². The van der Waals surface area contributed by atoms with Crippen molar-refractivity contribution in [3.63, 3.8) is 0 Å². The average molecular weight is 599 g/mol. The van der Waals surface area contributed by atoms with Gasteiger partial charge in [0.1, 0.15) is 0 Å². The summed E-state index contributed by atoms with van der Waals surface area (Å²) in [6.45, 7) is 7.21. The molecular formula is C36H48Sn. The first-order valence-corrected chi connectivity index (χ1v) is 23.2. The van der Waals surface area contributed by atoms with Crippen LogP contribution in [0.15, 0.2) is 84.9 Å². The predicted molar refractivity (Wildman–Crippen MR) is 169 cm³/mol. The number of hydrogen-bond donors (Lipinski definition) is 0. The summed E-state index contributed by atoms with van der Waals surface area (Å²) in [5.74, 6) is 0.673. The molecule has 0 N–H and O–H groups in total. The average Bonchev–Trinajstić information content (AvgIpc) is 2.95. The Morgan fingerprint density at radius 1 is 0.568 bits per heavy atom. The van der Waals surface area contributed by atoms with E-state index in [0.29, 0.717) is 5.92 Å². The van der Waals surface area contributed by atoms with Crippen molar-refractivity contribution in [3.05, 3.63) is 96.1 Å². The summed E-state index contributed by atoms with van der Waals surface area (Å²) in [4.78, 5) is 0. The molecule has 1 heteroatoms. The Hall–Kier alpha value is -1.80. The molecule has 4 aromatic carbocycles. The zero-order valence-corrected chi connectivity index (χ0v) is 26.5. The first-order valence-electron chi connectivity index (χ1n) is 15.1. The maximum absolute atomic E-state index is 2.48.